The number of carbonyl (C=O) groups excluding carboxylic acids is 1. The molecule has 7 nitrogen and oxygen atoms in total. The van der Waals surface area contributed by atoms with E-state index < -0.39 is 5.92 Å². The number of nitrogens with zero attached hydrogens (tertiary/aromatic N) is 1. The third kappa shape index (κ3) is 4.80. The van der Waals surface area contributed by atoms with Gasteiger partial charge in [0, 0.05) is 24.3 Å². The lowest BCUT2D eigenvalue weighted by atomic mass is 9.86. The summed E-state index contributed by atoms with van der Waals surface area (Å²) in [5.74, 6) is 1.22. The molecule has 7 heteroatoms. The van der Waals surface area contributed by atoms with Crippen molar-refractivity contribution >= 4 is 11.7 Å². The number of aromatic nitrogens is 2. The summed E-state index contributed by atoms with van der Waals surface area (Å²) in [6, 6.07) is 25.0. The van der Waals surface area contributed by atoms with E-state index in [4.69, 9.17) is 9.47 Å². The predicted molar refractivity (Wildman–Crippen MR) is 134 cm³/mol. The van der Waals surface area contributed by atoms with E-state index >= 15 is 0 Å². The van der Waals surface area contributed by atoms with E-state index in [9.17, 15) is 9.59 Å². The van der Waals surface area contributed by atoms with Crippen molar-refractivity contribution in [2.45, 2.75) is 18.8 Å². The minimum absolute atomic E-state index is 0.139. The molecule has 0 unspecified atom stereocenters. The van der Waals surface area contributed by atoms with Crippen molar-refractivity contribution in [3.05, 3.63) is 106 Å². The van der Waals surface area contributed by atoms with Gasteiger partial charge in [-0.1, -0.05) is 66.7 Å². The Morgan fingerprint density at radius 2 is 1.69 bits per heavy atom. The van der Waals surface area contributed by atoms with Crippen molar-refractivity contribution in [2.75, 3.05) is 19.0 Å². The van der Waals surface area contributed by atoms with Crippen LogP contribution in [0.5, 0.6) is 11.5 Å². The molecule has 0 fully saturated rings. The number of rotatable bonds is 7. The number of methoxy groups -OCH3 is 1. The average molecular weight is 468 g/mol. The van der Waals surface area contributed by atoms with Crippen LogP contribution in [0.3, 0.4) is 0 Å². The van der Waals surface area contributed by atoms with Crippen molar-refractivity contribution in [1.29, 1.82) is 0 Å². The SMILES string of the molecule is COc1cc([C@H]2CC(=O)Nc3nc(-c4ccccc4)[nH]c(=O)c32)ccc1OCCc1ccccc1. The molecular formula is C28H25N3O4. The zero-order valence-electron chi connectivity index (χ0n) is 19.3. The van der Waals surface area contributed by atoms with Crippen molar-refractivity contribution < 1.29 is 14.3 Å². The van der Waals surface area contributed by atoms with Crippen LogP contribution in [0.15, 0.2) is 83.7 Å². The standard InChI is InChI=1S/C28H25N3O4/c1-34-23-16-20(12-13-22(23)35-15-14-18-8-4-2-5-9-18)21-17-24(32)29-27-25(21)28(33)31-26(30-27)19-10-6-3-7-11-19/h2-13,16,21H,14-15,17H2,1H3,(H2,29,30,31,32,33)/t21-/m1/s1. The molecule has 0 spiro atoms. The number of benzene rings is 3. The Balaban J connectivity index is 1.43. The molecule has 1 amide bonds. The van der Waals surface area contributed by atoms with Crippen molar-refractivity contribution in [3.8, 4) is 22.9 Å². The summed E-state index contributed by atoms with van der Waals surface area (Å²) in [5.41, 5.74) is 2.90. The molecule has 0 saturated carbocycles. The molecule has 1 aromatic heterocycles. The summed E-state index contributed by atoms with van der Waals surface area (Å²) in [6.07, 6.45) is 0.909. The van der Waals surface area contributed by atoms with Crippen LogP contribution in [0.1, 0.15) is 29.0 Å². The molecule has 0 aliphatic carbocycles. The van der Waals surface area contributed by atoms with Gasteiger partial charge in [-0.3, -0.25) is 9.59 Å². The maximum absolute atomic E-state index is 13.1. The number of carbonyl (C=O) groups is 1. The Labute approximate surface area is 202 Å². The fourth-order valence-corrected chi connectivity index (χ4v) is 4.33. The second-order valence-electron chi connectivity index (χ2n) is 8.34. The van der Waals surface area contributed by atoms with Gasteiger partial charge in [0.05, 0.1) is 19.3 Å². The van der Waals surface area contributed by atoms with E-state index in [2.05, 4.69) is 27.4 Å². The molecule has 4 aromatic rings. The molecular weight excluding hydrogens is 442 g/mol. The van der Waals surface area contributed by atoms with Gasteiger partial charge in [-0.25, -0.2) is 4.98 Å². The summed E-state index contributed by atoms with van der Waals surface area (Å²) in [7, 11) is 1.57. The molecule has 176 valence electrons. The Kier molecular flexibility index (Phi) is 6.30. The highest BCUT2D eigenvalue weighted by molar-refractivity contribution is 5.94. The topological polar surface area (TPSA) is 93.3 Å². The third-order valence-electron chi connectivity index (χ3n) is 6.08. The van der Waals surface area contributed by atoms with E-state index in [1.54, 1.807) is 7.11 Å². The first kappa shape index (κ1) is 22.4. The van der Waals surface area contributed by atoms with Crippen LogP contribution in [0.4, 0.5) is 5.82 Å². The minimum atomic E-state index is -0.452. The summed E-state index contributed by atoms with van der Waals surface area (Å²) < 4.78 is 11.5. The van der Waals surface area contributed by atoms with Gasteiger partial charge >= 0.3 is 0 Å². The molecule has 1 atom stereocenters. The van der Waals surface area contributed by atoms with Gasteiger partial charge in [-0.15, -0.1) is 0 Å². The van der Waals surface area contributed by atoms with E-state index in [1.165, 1.54) is 5.56 Å². The smallest absolute Gasteiger partial charge is 0.257 e. The summed E-state index contributed by atoms with van der Waals surface area (Å²) >= 11 is 0. The minimum Gasteiger partial charge on any atom is -0.493 e. The maximum Gasteiger partial charge on any atom is 0.257 e. The third-order valence-corrected chi connectivity index (χ3v) is 6.08. The largest absolute Gasteiger partial charge is 0.493 e. The number of ether oxygens (including phenoxy) is 2. The van der Waals surface area contributed by atoms with Crippen molar-refractivity contribution in [3.63, 3.8) is 0 Å². The van der Waals surface area contributed by atoms with Crippen LogP contribution in [-0.2, 0) is 11.2 Å². The molecule has 0 saturated heterocycles. The van der Waals surface area contributed by atoms with Crippen molar-refractivity contribution in [2.24, 2.45) is 0 Å². The molecule has 3 aromatic carbocycles. The van der Waals surface area contributed by atoms with Crippen LogP contribution in [0, 0.1) is 0 Å². The fourth-order valence-electron chi connectivity index (χ4n) is 4.33. The molecule has 1 aliphatic rings. The number of anilines is 1. The number of aromatic amines is 1. The first-order valence-corrected chi connectivity index (χ1v) is 11.5. The fraction of sp³-hybridized carbons (Fsp3) is 0.179. The number of H-pyrrole nitrogens is 1. The van der Waals surface area contributed by atoms with Crippen LogP contribution in [0.25, 0.3) is 11.4 Å². The normalized spacial score (nSPS) is 14.7. The highest BCUT2D eigenvalue weighted by Gasteiger charge is 2.31. The molecule has 2 N–H and O–H groups in total. The first-order valence-electron chi connectivity index (χ1n) is 11.5. The van der Waals surface area contributed by atoms with Gasteiger partial charge in [-0.2, -0.15) is 0 Å². The highest BCUT2D eigenvalue weighted by Crippen LogP contribution is 2.38. The number of amides is 1. The van der Waals surface area contributed by atoms with E-state index in [0.29, 0.717) is 29.5 Å². The zero-order chi connectivity index (χ0) is 24.2. The van der Waals surface area contributed by atoms with E-state index in [-0.39, 0.29) is 23.7 Å². The van der Waals surface area contributed by atoms with Gasteiger partial charge in [-0.05, 0) is 23.3 Å². The Bertz CT molecular complexity index is 1400. The van der Waals surface area contributed by atoms with Gasteiger partial charge < -0.3 is 19.8 Å². The van der Waals surface area contributed by atoms with E-state index in [1.807, 2.05) is 66.7 Å². The number of nitrogens with one attached hydrogen (secondary N) is 2. The summed E-state index contributed by atoms with van der Waals surface area (Å²) in [6.45, 7) is 0.500. The molecule has 35 heavy (non-hydrogen) atoms. The molecule has 2 heterocycles. The lowest BCUT2D eigenvalue weighted by Gasteiger charge is -2.25. The Morgan fingerprint density at radius 3 is 2.43 bits per heavy atom. The van der Waals surface area contributed by atoms with Gasteiger partial charge in [0.15, 0.2) is 11.5 Å². The second kappa shape index (κ2) is 9.85. The monoisotopic (exact) mass is 467 g/mol. The highest BCUT2D eigenvalue weighted by atomic mass is 16.5. The summed E-state index contributed by atoms with van der Waals surface area (Å²) in [4.78, 5) is 33.1. The average Bonchev–Trinajstić information content (AvgIpc) is 2.89. The summed E-state index contributed by atoms with van der Waals surface area (Å²) in [5, 5.41) is 2.77. The van der Waals surface area contributed by atoms with Crippen LogP contribution >= 0.6 is 0 Å². The second-order valence-corrected chi connectivity index (χ2v) is 8.34. The number of hydrogen-bond acceptors (Lipinski definition) is 5. The lowest BCUT2D eigenvalue weighted by molar-refractivity contribution is -0.116. The predicted octanol–water partition coefficient (Wildman–Crippen LogP) is 4.54. The Morgan fingerprint density at radius 1 is 0.943 bits per heavy atom. The lowest BCUT2D eigenvalue weighted by Crippen LogP contribution is -2.31. The van der Waals surface area contributed by atoms with Crippen LogP contribution in [-0.4, -0.2) is 29.6 Å². The number of fused-ring (bicyclic) bond motifs is 1. The Hall–Kier alpha value is -4.39. The van der Waals surface area contributed by atoms with Crippen LogP contribution < -0.4 is 20.3 Å². The number of hydrogen-bond donors (Lipinski definition) is 2. The van der Waals surface area contributed by atoms with Gasteiger partial charge in [0.25, 0.3) is 5.56 Å². The molecule has 1 aliphatic heterocycles. The van der Waals surface area contributed by atoms with Crippen LogP contribution in [0.2, 0.25) is 0 Å². The molecule has 0 bridgehead atoms. The first-order chi connectivity index (χ1) is 17.1. The maximum atomic E-state index is 13.1. The van der Waals surface area contributed by atoms with Gasteiger partial charge in [0.2, 0.25) is 5.91 Å². The molecule has 0 radical (unpaired) electrons. The van der Waals surface area contributed by atoms with Crippen molar-refractivity contribution in [1.82, 2.24) is 9.97 Å². The quantitative estimate of drug-likeness (QED) is 0.416. The van der Waals surface area contributed by atoms with E-state index in [0.717, 1.165) is 17.5 Å². The molecule has 5 rings (SSSR count). The van der Waals surface area contributed by atoms with Gasteiger partial charge in [0.1, 0.15) is 11.6 Å². The zero-order valence-corrected chi connectivity index (χ0v) is 19.3.